The quantitative estimate of drug-likeness (QED) is 0.796. The van der Waals surface area contributed by atoms with Crippen LogP contribution in [-0.4, -0.2) is 25.6 Å². The number of nitrogens with zero attached hydrogens (tertiary/aromatic N) is 4. The highest BCUT2D eigenvalue weighted by molar-refractivity contribution is 7.98. The zero-order chi connectivity index (χ0) is 10.7. The van der Waals surface area contributed by atoms with Gasteiger partial charge in [0.1, 0.15) is 5.03 Å². The number of H-pyrrole nitrogens is 1. The Balaban J connectivity index is 1.94. The molecule has 15 heavy (non-hydrogen) atoms. The van der Waals surface area contributed by atoms with Gasteiger partial charge < -0.3 is 4.42 Å². The number of hydrogen-bond donors (Lipinski definition) is 1. The molecule has 2 rings (SSSR count). The number of aromatic nitrogens is 5. The fourth-order valence-electron chi connectivity index (χ4n) is 0.955. The second-order valence-corrected chi connectivity index (χ2v) is 4.28. The van der Waals surface area contributed by atoms with Crippen molar-refractivity contribution in [3.8, 4) is 0 Å². The summed E-state index contributed by atoms with van der Waals surface area (Å²) in [6.45, 7) is 4.03. The molecule has 0 saturated heterocycles. The molecule has 0 radical (unpaired) electrons. The average Bonchev–Trinajstić information content (AvgIpc) is 2.86. The van der Waals surface area contributed by atoms with Crippen molar-refractivity contribution in [3.05, 3.63) is 18.0 Å². The van der Waals surface area contributed by atoms with Crippen LogP contribution in [0, 0.1) is 0 Å². The predicted molar refractivity (Wildman–Crippen MR) is 54.3 cm³/mol. The van der Waals surface area contributed by atoms with Crippen molar-refractivity contribution in [2.45, 2.75) is 30.5 Å². The molecule has 0 amide bonds. The van der Waals surface area contributed by atoms with Crippen LogP contribution in [-0.2, 0) is 5.75 Å². The van der Waals surface area contributed by atoms with E-state index in [4.69, 9.17) is 4.42 Å². The van der Waals surface area contributed by atoms with Gasteiger partial charge in [0.25, 0.3) is 0 Å². The van der Waals surface area contributed by atoms with Crippen LogP contribution in [0.5, 0.6) is 0 Å². The third-order valence-electron chi connectivity index (χ3n) is 1.71. The Morgan fingerprint density at radius 1 is 1.47 bits per heavy atom. The summed E-state index contributed by atoms with van der Waals surface area (Å²) in [4.78, 5) is 0. The molecule has 0 aliphatic heterocycles. The lowest BCUT2D eigenvalue weighted by Crippen LogP contribution is -1.85. The summed E-state index contributed by atoms with van der Waals surface area (Å²) < 4.78 is 5.44. The van der Waals surface area contributed by atoms with Gasteiger partial charge in [-0.15, -0.1) is 15.3 Å². The summed E-state index contributed by atoms with van der Waals surface area (Å²) in [7, 11) is 0. The largest absolute Gasteiger partial charge is 0.424 e. The molecular formula is C8H11N5OS. The molecule has 0 bridgehead atoms. The van der Waals surface area contributed by atoms with Gasteiger partial charge in [0.05, 0.1) is 11.9 Å². The first-order chi connectivity index (χ1) is 7.25. The SMILES string of the molecule is CC(C)c1nnc(CSc2cn[nH]n2)o1. The maximum atomic E-state index is 5.44. The summed E-state index contributed by atoms with van der Waals surface area (Å²) in [5, 5.41) is 18.9. The molecule has 0 fully saturated rings. The molecule has 2 aromatic rings. The Morgan fingerprint density at radius 2 is 2.33 bits per heavy atom. The second kappa shape index (κ2) is 4.43. The van der Waals surface area contributed by atoms with Gasteiger partial charge >= 0.3 is 0 Å². The Labute approximate surface area is 90.9 Å². The summed E-state index contributed by atoms with van der Waals surface area (Å²) >= 11 is 1.50. The maximum absolute atomic E-state index is 5.44. The molecule has 0 aliphatic carbocycles. The van der Waals surface area contributed by atoms with E-state index in [1.54, 1.807) is 6.20 Å². The van der Waals surface area contributed by atoms with Gasteiger partial charge in [-0.25, -0.2) is 0 Å². The first kappa shape index (κ1) is 10.2. The van der Waals surface area contributed by atoms with E-state index in [0.29, 0.717) is 17.5 Å². The van der Waals surface area contributed by atoms with E-state index in [1.165, 1.54) is 11.8 Å². The number of nitrogens with one attached hydrogen (secondary N) is 1. The van der Waals surface area contributed by atoms with E-state index in [1.807, 2.05) is 13.8 Å². The fourth-order valence-corrected chi connectivity index (χ4v) is 1.58. The first-order valence-electron chi connectivity index (χ1n) is 4.56. The molecule has 0 saturated carbocycles. The van der Waals surface area contributed by atoms with Crippen molar-refractivity contribution in [2.75, 3.05) is 0 Å². The van der Waals surface area contributed by atoms with Gasteiger partial charge in [0.15, 0.2) is 0 Å². The van der Waals surface area contributed by atoms with Crippen molar-refractivity contribution in [1.82, 2.24) is 25.6 Å². The first-order valence-corrected chi connectivity index (χ1v) is 5.55. The highest BCUT2D eigenvalue weighted by Crippen LogP contribution is 2.20. The van der Waals surface area contributed by atoms with Gasteiger partial charge in [-0.2, -0.15) is 10.3 Å². The highest BCUT2D eigenvalue weighted by Gasteiger charge is 2.10. The summed E-state index contributed by atoms with van der Waals surface area (Å²) in [6.07, 6.45) is 1.66. The summed E-state index contributed by atoms with van der Waals surface area (Å²) in [5.41, 5.74) is 0. The molecule has 0 atom stereocenters. The zero-order valence-corrected chi connectivity index (χ0v) is 9.28. The molecule has 0 unspecified atom stereocenters. The van der Waals surface area contributed by atoms with Gasteiger partial charge in [-0.3, -0.25) is 0 Å². The zero-order valence-electron chi connectivity index (χ0n) is 8.47. The number of hydrogen-bond acceptors (Lipinski definition) is 6. The Bertz CT molecular complexity index is 410. The highest BCUT2D eigenvalue weighted by atomic mass is 32.2. The summed E-state index contributed by atoms with van der Waals surface area (Å²) in [5.74, 6) is 2.17. The molecule has 2 aromatic heterocycles. The Kier molecular flexibility index (Phi) is 3.00. The van der Waals surface area contributed by atoms with Gasteiger partial charge in [-0.05, 0) is 0 Å². The topological polar surface area (TPSA) is 80.5 Å². The van der Waals surface area contributed by atoms with Gasteiger partial charge in [-0.1, -0.05) is 25.6 Å². The molecule has 0 aliphatic rings. The molecule has 6 nitrogen and oxygen atoms in total. The van der Waals surface area contributed by atoms with Gasteiger partial charge in [0.2, 0.25) is 11.8 Å². The second-order valence-electron chi connectivity index (χ2n) is 3.29. The molecule has 2 heterocycles. The van der Waals surface area contributed by atoms with Crippen molar-refractivity contribution in [1.29, 1.82) is 0 Å². The minimum absolute atomic E-state index is 0.267. The molecule has 80 valence electrons. The number of thioether (sulfide) groups is 1. The molecule has 0 aromatic carbocycles. The third-order valence-corrected chi connectivity index (χ3v) is 2.60. The van der Waals surface area contributed by atoms with Crippen LogP contribution in [0.25, 0.3) is 0 Å². The van der Waals surface area contributed by atoms with Gasteiger partial charge in [0, 0.05) is 5.92 Å². The minimum atomic E-state index is 0.267. The summed E-state index contributed by atoms with van der Waals surface area (Å²) in [6, 6.07) is 0. The van der Waals surface area contributed by atoms with E-state index in [-0.39, 0.29) is 5.92 Å². The fraction of sp³-hybridized carbons (Fsp3) is 0.500. The third kappa shape index (κ3) is 2.56. The smallest absolute Gasteiger partial charge is 0.226 e. The Hall–Kier alpha value is -1.37. The average molecular weight is 225 g/mol. The lowest BCUT2D eigenvalue weighted by molar-refractivity contribution is 0.445. The van der Waals surface area contributed by atoms with Crippen LogP contribution < -0.4 is 0 Å². The van der Waals surface area contributed by atoms with Crippen molar-refractivity contribution in [3.63, 3.8) is 0 Å². The van der Waals surface area contributed by atoms with Crippen molar-refractivity contribution >= 4 is 11.8 Å². The molecule has 7 heteroatoms. The standard InChI is InChI=1S/C8H11N5OS/c1-5(2)8-12-10-6(14-8)4-15-7-3-9-13-11-7/h3,5H,4H2,1-2H3,(H,9,11,13). The van der Waals surface area contributed by atoms with Crippen molar-refractivity contribution < 1.29 is 4.42 Å². The van der Waals surface area contributed by atoms with E-state index in [9.17, 15) is 0 Å². The molecular weight excluding hydrogens is 214 g/mol. The predicted octanol–water partition coefficient (Wildman–Crippen LogP) is 1.60. The van der Waals surface area contributed by atoms with Crippen LogP contribution in [0.4, 0.5) is 0 Å². The lowest BCUT2D eigenvalue weighted by Gasteiger charge is -1.94. The van der Waals surface area contributed by atoms with E-state index < -0.39 is 0 Å². The van der Waals surface area contributed by atoms with Crippen LogP contribution in [0.1, 0.15) is 31.5 Å². The molecule has 0 spiro atoms. The van der Waals surface area contributed by atoms with E-state index in [0.717, 1.165) is 5.03 Å². The maximum Gasteiger partial charge on any atom is 0.226 e. The minimum Gasteiger partial charge on any atom is -0.424 e. The van der Waals surface area contributed by atoms with Crippen LogP contribution in [0.15, 0.2) is 15.6 Å². The Morgan fingerprint density at radius 3 is 2.93 bits per heavy atom. The van der Waals surface area contributed by atoms with Crippen LogP contribution >= 0.6 is 11.8 Å². The normalized spacial score (nSPS) is 11.1. The van der Waals surface area contributed by atoms with E-state index in [2.05, 4.69) is 25.6 Å². The van der Waals surface area contributed by atoms with Crippen LogP contribution in [0.3, 0.4) is 0 Å². The number of aromatic amines is 1. The number of rotatable bonds is 4. The van der Waals surface area contributed by atoms with Crippen molar-refractivity contribution in [2.24, 2.45) is 0 Å². The molecule has 1 N–H and O–H groups in total. The monoisotopic (exact) mass is 225 g/mol. The van der Waals surface area contributed by atoms with E-state index >= 15 is 0 Å². The lowest BCUT2D eigenvalue weighted by atomic mass is 10.2. The van der Waals surface area contributed by atoms with Crippen LogP contribution in [0.2, 0.25) is 0 Å².